The van der Waals surface area contributed by atoms with E-state index in [0.717, 1.165) is 19.5 Å². The highest BCUT2D eigenvalue weighted by atomic mass is 15.2. The zero-order valence-electron chi connectivity index (χ0n) is 11.8. The minimum absolute atomic E-state index is 0.0991. The second-order valence-corrected chi connectivity index (χ2v) is 6.07. The summed E-state index contributed by atoms with van der Waals surface area (Å²) in [5.41, 5.74) is 0.164. The van der Waals surface area contributed by atoms with Crippen molar-refractivity contribution in [2.45, 2.75) is 71.0 Å². The van der Waals surface area contributed by atoms with Crippen LogP contribution in [0.15, 0.2) is 0 Å². The minimum Gasteiger partial charge on any atom is -0.311 e. The van der Waals surface area contributed by atoms with Crippen molar-refractivity contribution in [3.8, 4) is 6.07 Å². The van der Waals surface area contributed by atoms with Crippen LogP contribution in [0.3, 0.4) is 0 Å². The molecule has 0 aromatic heterocycles. The molecule has 1 heterocycles. The molecule has 2 unspecified atom stereocenters. The number of likely N-dealkylation sites (tertiary alicyclic amines) is 1. The van der Waals surface area contributed by atoms with Gasteiger partial charge in [0.2, 0.25) is 0 Å². The summed E-state index contributed by atoms with van der Waals surface area (Å²) in [4.78, 5) is 2.41. The van der Waals surface area contributed by atoms with Crippen LogP contribution < -0.4 is 5.32 Å². The van der Waals surface area contributed by atoms with Crippen molar-refractivity contribution in [1.29, 1.82) is 5.26 Å². The van der Waals surface area contributed by atoms with Crippen LogP contribution in [-0.4, -0.2) is 35.6 Å². The summed E-state index contributed by atoms with van der Waals surface area (Å²) in [6.07, 6.45) is 4.70. The number of hydrogen-bond donors (Lipinski definition) is 1. The van der Waals surface area contributed by atoms with E-state index in [9.17, 15) is 5.26 Å². The maximum absolute atomic E-state index is 9.21. The Morgan fingerprint density at radius 3 is 2.65 bits per heavy atom. The van der Waals surface area contributed by atoms with Gasteiger partial charge in [-0.3, -0.25) is 4.90 Å². The van der Waals surface area contributed by atoms with Gasteiger partial charge in [0, 0.05) is 18.1 Å². The number of nitrogens with one attached hydrogen (secondary N) is 1. The Kier molecular flexibility index (Phi) is 5.42. The third-order valence-electron chi connectivity index (χ3n) is 3.48. The van der Waals surface area contributed by atoms with Crippen molar-refractivity contribution in [2.24, 2.45) is 0 Å². The van der Waals surface area contributed by atoms with E-state index in [1.54, 1.807) is 0 Å². The summed E-state index contributed by atoms with van der Waals surface area (Å²) in [5.74, 6) is 0. The van der Waals surface area contributed by atoms with Crippen LogP contribution in [0.2, 0.25) is 0 Å². The third kappa shape index (κ3) is 4.65. The lowest BCUT2D eigenvalue weighted by Gasteiger charge is -2.39. The Hall–Kier alpha value is -0.590. The maximum atomic E-state index is 9.21. The Labute approximate surface area is 106 Å². The van der Waals surface area contributed by atoms with Crippen molar-refractivity contribution in [1.82, 2.24) is 10.2 Å². The van der Waals surface area contributed by atoms with Crippen molar-refractivity contribution >= 4 is 0 Å². The van der Waals surface area contributed by atoms with Gasteiger partial charge in [0.05, 0.1) is 12.1 Å². The molecule has 0 amide bonds. The summed E-state index contributed by atoms with van der Waals surface area (Å²) in [6, 6.07) is 3.08. The van der Waals surface area contributed by atoms with Crippen LogP contribution in [0.4, 0.5) is 0 Å². The Morgan fingerprint density at radius 1 is 1.41 bits per heavy atom. The SMILES string of the molecule is CCC(C#N)N1CCCCC1CNC(C)(C)C. The molecular weight excluding hydrogens is 210 g/mol. The average molecular weight is 237 g/mol. The smallest absolute Gasteiger partial charge is 0.0978 e. The lowest BCUT2D eigenvalue weighted by molar-refractivity contribution is 0.111. The second kappa shape index (κ2) is 6.37. The molecule has 0 radical (unpaired) electrons. The summed E-state index contributed by atoms with van der Waals surface area (Å²) >= 11 is 0. The van der Waals surface area contributed by atoms with Crippen LogP contribution in [-0.2, 0) is 0 Å². The largest absolute Gasteiger partial charge is 0.311 e. The molecule has 1 saturated heterocycles. The van der Waals surface area contributed by atoms with Crippen LogP contribution in [0, 0.1) is 11.3 Å². The lowest BCUT2D eigenvalue weighted by Crippen LogP contribution is -2.52. The summed E-state index contributed by atoms with van der Waals surface area (Å²) in [5, 5.41) is 12.8. The van der Waals surface area contributed by atoms with E-state index in [0.29, 0.717) is 6.04 Å². The molecule has 0 saturated carbocycles. The zero-order chi connectivity index (χ0) is 12.9. The molecule has 1 aliphatic rings. The fraction of sp³-hybridized carbons (Fsp3) is 0.929. The van der Waals surface area contributed by atoms with Gasteiger partial charge in [0.1, 0.15) is 0 Å². The number of piperidine rings is 1. The van der Waals surface area contributed by atoms with E-state index in [2.05, 4.69) is 44.0 Å². The highest BCUT2D eigenvalue weighted by Crippen LogP contribution is 2.20. The molecule has 2 atom stereocenters. The molecule has 0 aliphatic carbocycles. The Balaban J connectivity index is 2.57. The Bertz CT molecular complexity index is 262. The molecule has 1 rings (SSSR count). The first-order valence-electron chi connectivity index (χ1n) is 6.88. The molecule has 3 heteroatoms. The van der Waals surface area contributed by atoms with Gasteiger partial charge >= 0.3 is 0 Å². The lowest BCUT2D eigenvalue weighted by atomic mass is 9.98. The molecule has 0 bridgehead atoms. The Morgan fingerprint density at radius 2 is 2.12 bits per heavy atom. The molecular formula is C14H27N3. The normalized spacial score (nSPS) is 24.3. The van der Waals surface area contributed by atoms with Gasteiger partial charge in [-0.15, -0.1) is 0 Å². The predicted molar refractivity (Wildman–Crippen MR) is 71.8 cm³/mol. The third-order valence-corrected chi connectivity index (χ3v) is 3.48. The molecule has 1 fully saturated rings. The van der Waals surface area contributed by atoms with E-state index in [1.165, 1.54) is 19.3 Å². The van der Waals surface area contributed by atoms with Crippen molar-refractivity contribution in [2.75, 3.05) is 13.1 Å². The first-order valence-corrected chi connectivity index (χ1v) is 6.88. The monoisotopic (exact) mass is 237 g/mol. The highest BCUT2D eigenvalue weighted by Gasteiger charge is 2.28. The number of rotatable bonds is 4. The number of nitriles is 1. The summed E-state index contributed by atoms with van der Waals surface area (Å²) in [6.45, 7) is 10.8. The maximum Gasteiger partial charge on any atom is 0.0978 e. The van der Waals surface area contributed by atoms with Crippen LogP contribution >= 0.6 is 0 Å². The molecule has 17 heavy (non-hydrogen) atoms. The van der Waals surface area contributed by atoms with Crippen molar-refractivity contribution < 1.29 is 0 Å². The van der Waals surface area contributed by atoms with Gasteiger partial charge in [-0.2, -0.15) is 5.26 Å². The minimum atomic E-state index is 0.0991. The van der Waals surface area contributed by atoms with E-state index in [1.807, 2.05) is 0 Å². The van der Waals surface area contributed by atoms with E-state index >= 15 is 0 Å². The predicted octanol–water partition coefficient (Wildman–Crippen LogP) is 2.53. The van der Waals surface area contributed by atoms with Crippen molar-refractivity contribution in [3.63, 3.8) is 0 Å². The molecule has 98 valence electrons. The van der Waals surface area contributed by atoms with Gasteiger partial charge < -0.3 is 5.32 Å². The van der Waals surface area contributed by atoms with Gasteiger partial charge in [-0.25, -0.2) is 0 Å². The van der Waals surface area contributed by atoms with E-state index < -0.39 is 0 Å². The summed E-state index contributed by atoms with van der Waals surface area (Å²) in [7, 11) is 0. The fourth-order valence-corrected chi connectivity index (χ4v) is 2.48. The van der Waals surface area contributed by atoms with Gasteiger partial charge in [-0.1, -0.05) is 13.3 Å². The molecule has 0 aromatic rings. The molecule has 1 aliphatic heterocycles. The van der Waals surface area contributed by atoms with Gasteiger partial charge in [0.15, 0.2) is 0 Å². The van der Waals surface area contributed by atoms with E-state index in [-0.39, 0.29) is 11.6 Å². The topological polar surface area (TPSA) is 39.1 Å². The molecule has 0 spiro atoms. The van der Waals surface area contributed by atoms with Crippen molar-refractivity contribution in [3.05, 3.63) is 0 Å². The first-order chi connectivity index (χ1) is 7.98. The zero-order valence-corrected chi connectivity index (χ0v) is 11.8. The van der Waals surface area contributed by atoms with Crippen LogP contribution in [0.5, 0.6) is 0 Å². The fourth-order valence-electron chi connectivity index (χ4n) is 2.48. The average Bonchev–Trinajstić information content (AvgIpc) is 2.28. The number of nitrogens with zero attached hydrogens (tertiary/aromatic N) is 2. The number of hydrogen-bond acceptors (Lipinski definition) is 3. The summed E-state index contributed by atoms with van der Waals surface area (Å²) < 4.78 is 0. The molecule has 1 N–H and O–H groups in total. The first kappa shape index (κ1) is 14.5. The van der Waals surface area contributed by atoms with E-state index in [4.69, 9.17) is 0 Å². The highest BCUT2D eigenvalue weighted by molar-refractivity contribution is 4.96. The molecule has 3 nitrogen and oxygen atoms in total. The van der Waals surface area contributed by atoms with Gasteiger partial charge in [-0.05, 0) is 46.6 Å². The second-order valence-electron chi connectivity index (χ2n) is 6.07. The van der Waals surface area contributed by atoms with Crippen LogP contribution in [0.1, 0.15) is 53.4 Å². The standard InChI is InChI=1S/C14H27N3/c1-5-12(10-15)17-9-7-6-8-13(17)11-16-14(2,3)4/h12-13,16H,5-9,11H2,1-4H3. The van der Waals surface area contributed by atoms with Crippen LogP contribution in [0.25, 0.3) is 0 Å². The molecule has 0 aromatic carbocycles. The quantitative estimate of drug-likeness (QED) is 0.816. The van der Waals surface area contributed by atoms with Gasteiger partial charge in [0.25, 0.3) is 0 Å².